The molecule has 0 radical (unpaired) electrons. The van der Waals surface area contributed by atoms with E-state index in [-0.39, 0.29) is 17.5 Å². The summed E-state index contributed by atoms with van der Waals surface area (Å²) in [5.74, 6) is -1.49. The molecule has 2 N–H and O–H groups in total. The van der Waals surface area contributed by atoms with E-state index in [1.165, 1.54) is 18.4 Å². The minimum atomic E-state index is -1.04. The molecule has 3 rings (SSSR count). The number of thioether (sulfide) groups is 1. The Labute approximate surface area is 149 Å². The predicted molar refractivity (Wildman–Crippen MR) is 99.5 cm³/mol. The maximum Gasteiger partial charge on any atom is 0.313 e. The standard InChI is InChI=1S/C19H19FN2O2S/c1-12(20)22(19(21)25-11-18(23)24)10-14-8-9-16(13-6-7-13)17-5-3-2-4-15(14)17/h2-5,8-9,13,21H,1,6-7,10-11H2,(H,23,24). The summed E-state index contributed by atoms with van der Waals surface area (Å²) in [4.78, 5) is 11.8. The molecule has 25 heavy (non-hydrogen) atoms. The van der Waals surface area contributed by atoms with Gasteiger partial charge in [0.1, 0.15) is 0 Å². The van der Waals surface area contributed by atoms with Crippen molar-refractivity contribution in [2.24, 2.45) is 0 Å². The van der Waals surface area contributed by atoms with Gasteiger partial charge in [0, 0.05) is 0 Å². The number of amidine groups is 1. The lowest BCUT2D eigenvalue weighted by Gasteiger charge is -2.23. The molecule has 0 saturated heterocycles. The molecule has 4 nitrogen and oxygen atoms in total. The Bertz CT molecular complexity index is 848. The summed E-state index contributed by atoms with van der Waals surface area (Å²) in [6.07, 6.45) is 2.40. The zero-order valence-corrected chi connectivity index (χ0v) is 14.5. The number of hydrogen-bond donors (Lipinski definition) is 2. The normalized spacial score (nSPS) is 13.6. The minimum absolute atomic E-state index is 0.145. The first kappa shape index (κ1) is 17.5. The molecule has 0 amide bonds. The first-order valence-electron chi connectivity index (χ1n) is 8.03. The van der Waals surface area contributed by atoms with Crippen molar-refractivity contribution in [2.45, 2.75) is 25.3 Å². The van der Waals surface area contributed by atoms with Gasteiger partial charge in [-0.1, -0.05) is 48.2 Å². The van der Waals surface area contributed by atoms with E-state index in [4.69, 9.17) is 10.5 Å². The van der Waals surface area contributed by atoms with Gasteiger partial charge in [0.15, 0.2) is 11.1 Å². The quantitative estimate of drug-likeness (QED) is 0.446. The third-order valence-electron chi connectivity index (χ3n) is 4.26. The van der Waals surface area contributed by atoms with Gasteiger partial charge in [-0.15, -0.1) is 0 Å². The number of aliphatic carboxylic acids is 1. The highest BCUT2D eigenvalue weighted by molar-refractivity contribution is 8.14. The second-order valence-electron chi connectivity index (χ2n) is 6.08. The van der Waals surface area contributed by atoms with Crippen LogP contribution in [0.15, 0.2) is 48.9 Å². The molecule has 6 heteroatoms. The van der Waals surface area contributed by atoms with Crippen LogP contribution in [0.5, 0.6) is 0 Å². The summed E-state index contributed by atoms with van der Waals surface area (Å²) in [5, 5.41) is 18.8. The van der Waals surface area contributed by atoms with Gasteiger partial charge < -0.3 is 5.11 Å². The lowest BCUT2D eigenvalue weighted by Crippen LogP contribution is -2.26. The van der Waals surface area contributed by atoms with Crippen molar-refractivity contribution in [3.05, 3.63) is 60.1 Å². The van der Waals surface area contributed by atoms with Gasteiger partial charge >= 0.3 is 5.97 Å². The summed E-state index contributed by atoms with van der Waals surface area (Å²) in [5.41, 5.74) is 2.21. The molecule has 0 aliphatic heterocycles. The number of nitrogens with zero attached hydrogens (tertiary/aromatic N) is 1. The molecule has 2 aromatic rings. The van der Waals surface area contributed by atoms with Crippen molar-refractivity contribution in [3.8, 4) is 0 Å². The Morgan fingerprint density at radius 2 is 1.96 bits per heavy atom. The van der Waals surface area contributed by atoms with Crippen molar-refractivity contribution < 1.29 is 14.3 Å². The van der Waals surface area contributed by atoms with Crippen LogP contribution in [0.1, 0.15) is 29.9 Å². The Balaban J connectivity index is 1.90. The van der Waals surface area contributed by atoms with Crippen LogP contribution in [-0.4, -0.2) is 26.9 Å². The molecule has 130 valence electrons. The summed E-state index contributed by atoms with van der Waals surface area (Å²) in [6, 6.07) is 12.1. The average molecular weight is 358 g/mol. The highest BCUT2D eigenvalue weighted by Crippen LogP contribution is 2.43. The van der Waals surface area contributed by atoms with Crippen LogP contribution in [0.3, 0.4) is 0 Å². The fourth-order valence-corrected chi connectivity index (χ4v) is 3.50. The number of rotatable bonds is 6. The summed E-state index contributed by atoms with van der Waals surface area (Å²) in [7, 11) is 0. The first-order valence-corrected chi connectivity index (χ1v) is 9.01. The zero-order chi connectivity index (χ0) is 18.0. The first-order chi connectivity index (χ1) is 12.0. The van der Waals surface area contributed by atoms with Gasteiger partial charge in [0.2, 0.25) is 0 Å². The molecular weight excluding hydrogens is 339 g/mol. The maximum absolute atomic E-state index is 13.9. The van der Waals surface area contributed by atoms with E-state index in [1.54, 1.807) is 0 Å². The Kier molecular flexibility index (Phi) is 5.08. The maximum atomic E-state index is 13.9. The zero-order valence-electron chi connectivity index (χ0n) is 13.7. The van der Waals surface area contributed by atoms with E-state index < -0.39 is 11.9 Å². The third-order valence-corrected chi connectivity index (χ3v) is 5.15. The van der Waals surface area contributed by atoms with E-state index in [9.17, 15) is 9.18 Å². The third kappa shape index (κ3) is 4.02. The number of halogens is 1. The topological polar surface area (TPSA) is 64.4 Å². The average Bonchev–Trinajstić information content (AvgIpc) is 3.42. The number of benzene rings is 2. The Hall–Kier alpha value is -2.34. The second kappa shape index (κ2) is 7.27. The van der Waals surface area contributed by atoms with Crippen molar-refractivity contribution in [3.63, 3.8) is 0 Å². The molecule has 1 aliphatic carbocycles. The number of fused-ring (bicyclic) bond motifs is 1. The van der Waals surface area contributed by atoms with E-state index in [2.05, 4.69) is 18.7 Å². The van der Waals surface area contributed by atoms with Crippen molar-refractivity contribution >= 4 is 33.7 Å². The molecule has 0 spiro atoms. The molecule has 1 aliphatic rings. The summed E-state index contributed by atoms with van der Waals surface area (Å²) >= 11 is 0.773. The smallest absolute Gasteiger partial charge is 0.313 e. The predicted octanol–water partition coefficient (Wildman–Crippen LogP) is 4.71. The van der Waals surface area contributed by atoms with Crippen LogP contribution in [-0.2, 0) is 11.3 Å². The van der Waals surface area contributed by atoms with Crippen LogP contribution >= 0.6 is 11.8 Å². The molecule has 0 atom stereocenters. The molecule has 0 heterocycles. The van der Waals surface area contributed by atoms with Crippen molar-refractivity contribution in [1.29, 1.82) is 5.41 Å². The highest BCUT2D eigenvalue weighted by Gasteiger charge is 2.26. The van der Waals surface area contributed by atoms with Crippen LogP contribution < -0.4 is 0 Å². The fraction of sp³-hybridized carbons (Fsp3) is 0.263. The van der Waals surface area contributed by atoms with E-state index in [0.717, 1.165) is 33.0 Å². The van der Waals surface area contributed by atoms with Gasteiger partial charge in [0.25, 0.3) is 0 Å². The fourth-order valence-electron chi connectivity index (χ4n) is 2.92. The SMILES string of the molecule is C=C(F)N(Cc1ccc(C2CC2)c2ccccc12)C(=N)SCC(=O)O. The van der Waals surface area contributed by atoms with Crippen LogP contribution in [0.4, 0.5) is 4.39 Å². The Morgan fingerprint density at radius 3 is 2.56 bits per heavy atom. The molecule has 1 fully saturated rings. The number of nitrogens with one attached hydrogen (secondary N) is 1. The van der Waals surface area contributed by atoms with Crippen LogP contribution in [0, 0.1) is 5.41 Å². The lowest BCUT2D eigenvalue weighted by atomic mass is 9.97. The molecule has 0 aromatic heterocycles. The van der Waals surface area contributed by atoms with Crippen LogP contribution in [0.25, 0.3) is 10.8 Å². The lowest BCUT2D eigenvalue weighted by molar-refractivity contribution is -0.133. The van der Waals surface area contributed by atoms with Gasteiger partial charge in [-0.25, -0.2) is 0 Å². The Morgan fingerprint density at radius 1 is 1.28 bits per heavy atom. The van der Waals surface area contributed by atoms with Gasteiger partial charge in [-0.05, 0) is 47.2 Å². The van der Waals surface area contributed by atoms with E-state index in [0.29, 0.717) is 5.92 Å². The molecule has 0 unspecified atom stereocenters. The molecule has 0 bridgehead atoms. The second-order valence-corrected chi connectivity index (χ2v) is 7.05. The monoisotopic (exact) mass is 358 g/mol. The van der Waals surface area contributed by atoms with Crippen LogP contribution in [0.2, 0.25) is 0 Å². The molecule has 2 aromatic carbocycles. The summed E-state index contributed by atoms with van der Waals surface area (Å²) in [6.45, 7) is 3.44. The number of carbonyl (C=O) groups is 1. The van der Waals surface area contributed by atoms with E-state index >= 15 is 0 Å². The van der Waals surface area contributed by atoms with E-state index in [1.807, 2.05) is 24.3 Å². The number of carboxylic acids is 1. The van der Waals surface area contributed by atoms with Crippen molar-refractivity contribution in [1.82, 2.24) is 4.90 Å². The molecular formula is C19H19FN2O2S. The largest absolute Gasteiger partial charge is 0.481 e. The van der Waals surface area contributed by atoms with Gasteiger partial charge in [-0.2, -0.15) is 4.39 Å². The van der Waals surface area contributed by atoms with Gasteiger partial charge in [-0.3, -0.25) is 15.1 Å². The van der Waals surface area contributed by atoms with Gasteiger partial charge in [0.05, 0.1) is 12.3 Å². The molecule has 1 saturated carbocycles. The minimum Gasteiger partial charge on any atom is -0.481 e. The summed E-state index contributed by atoms with van der Waals surface area (Å²) < 4.78 is 13.9. The number of carboxylic acid groups (broad SMARTS) is 1. The number of hydrogen-bond acceptors (Lipinski definition) is 3. The van der Waals surface area contributed by atoms with Crippen molar-refractivity contribution in [2.75, 3.05) is 5.75 Å². The highest BCUT2D eigenvalue weighted by atomic mass is 32.2.